The van der Waals surface area contributed by atoms with Gasteiger partial charge in [0.25, 0.3) is 0 Å². The van der Waals surface area contributed by atoms with Crippen LogP contribution in [0.1, 0.15) is 6.92 Å². The molecule has 0 heterocycles. The molecule has 0 saturated carbocycles. The summed E-state index contributed by atoms with van der Waals surface area (Å²) in [5, 5.41) is 0. The van der Waals surface area contributed by atoms with Crippen LogP contribution in [0.2, 0.25) is 0 Å². The Morgan fingerprint density at radius 2 is 1.50 bits per heavy atom. The molecule has 0 fully saturated rings. The Hall–Kier alpha value is -1.76. The molecule has 0 amide bonds. The third-order valence-electron chi connectivity index (χ3n) is 1.51. The van der Waals surface area contributed by atoms with Gasteiger partial charge in [0, 0.05) is 5.70 Å². The summed E-state index contributed by atoms with van der Waals surface area (Å²) >= 11 is 0. The Kier molecular flexibility index (Phi) is 5.88. The van der Waals surface area contributed by atoms with E-state index in [1.807, 2.05) is 31.2 Å². The Morgan fingerprint density at radius 3 is 2.00 bits per heavy atom. The largest absolute Gasteiger partial charge is 0.399 e. The summed E-state index contributed by atoms with van der Waals surface area (Å²) in [6.07, 6.45) is 11.2. The molecule has 1 nitrogen and oxygen atoms in total. The zero-order chi connectivity index (χ0) is 11.0. The highest BCUT2D eigenvalue weighted by atomic mass is 14.5. The molecule has 0 atom stereocenters. The van der Waals surface area contributed by atoms with Crippen LogP contribution in [0.4, 0.5) is 0 Å². The molecule has 0 aliphatic carbocycles. The second kappa shape index (κ2) is 6.72. The van der Waals surface area contributed by atoms with Crippen LogP contribution in [0.25, 0.3) is 0 Å². The average Bonchev–Trinajstić information content (AvgIpc) is 2.14. The number of hydrogen-bond acceptors (Lipinski definition) is 1. The second-order valence-corrected chi connectivity index (χ2v) is 2.84. The van der Waals surface area contributed by atoms with Crippen LogP contribution >= 0.6 is 0 Å². The first kappa shape index (κ1) is 12.2. The maximum atomic E-state index is 5.38. The summed E-state index contributed by atoms with van der Waals surface area (Å²) in [7, 11) is 0. The molecule has 0 aliphatic rings. The predicted molar refractivity (Wildman–Crippen MR) is 64.7 cm³/mol. The van der Waals surface area contributed by atoms with Gasteiger partial charge in [-0.15, -0.1) is 0 Å². The first-order valence-electron chi connectivity index (χ1n) is 4.38. The molecule has 0 aliphatic heterocycles. The van der Waals surface area contributed by atoms with Crippen LogP contribution in [0, 0.1) is 0 Å². The first-order valence-corrected chi connectivity index (χ1v) is 4.38. The van der Waals surface area contributed by atoms with E-state index in [0.717, 1.165) is 11.1 Å². The highest BCUT2D eigenvalue weighted by Crippen LogP contribution is 2.08. The maximum absolute atomic E-state index is 5.38. The van der Waals surface area contributed by atoms with Crippen molar-refractivity contribution in [3.05, 3.63) is 73.0 Å². The van der Waals surface area contributed by atoms with E-state index in [-0.39, 0.29) is 0 Å². The first-order chi connectivity index (χ1) is 6.57. The van der Waals surface area contributed by atoms with E-state index in [1.54, 1.807) is 12.2 Å². The molecule has 0 saturated heterocycles. The lowest BCUT2D eigenvalue weighted by Gasteiger charge is -1.97. The van der Waals surface area contributed by atoms with Crippen LogP contribution in [-0.4, -0.2) is 0 Å². The van der Waals surface area contributed by atoms with Gasteiger partial charge < -0.3 is 5.73 Å². The Labute approximate surface area is 86.3 Å². The Balaban J connectivity index is 4.27. The highest BCUT2D eigenvalue weighted by Gasteiger charge is 1.89. The van der Waals surface area contributed by atoms with Crippen LogP contribution in [-0.2, 0) is 0 Å². The van der Waals surface area contributed by atoms with E-state index in [2.05, 4.69) is 19.7 Å². The van der Waals surface area contributed by atoms with Gasteiger partial charge in [-0.2, -0.15) is 0 Å². The second-order valence-electron chi connectivity index (χ2n) is 2.84. The summed E-state index contributed by atoms with van der Waals surface area (Å²) in [6.45, 7) is 13.2. The zero-order valence-corrected chi connectivity index (χ0v) is 8.66. The van der Waals surface area contributed by atoms with Crippen molar-refractivity contribution in [3.8, 4) is 0 Å². The van der Waals surface area contributed by atoms with E-state index in [9.17, 15) is 0 Å². The van der Waals surface area contributed by atoms with Crippen LogP contribution in [0.5, 0.6) is 0 Å². The fourth-order valence-corrected chi connectivity index (χ4v) is 0.705. The lowest BCUT2D eigenvalue weighted by Crippen LogP contribution is -1.89. The SMILES string of the molecule is C=C(N)/C=C\C(=C)C(=C)/C=C\C=C/C. The van der Waals surface area contributed by atoms with E-state index < -0.39 is 0 Å². The molecule has 0 aromatic rings. The van der Waals surface area contributed by atoms with Crippen LogP contribution < -0.4 is 5.73 Å². The number of rotatable bonds is 5. The quantitative estimate of drug-likeness (QED) is 0.657. The standard InChI is InChI=1S/C13H17N/c1-5-6-7-8-11(2)12(3)9-10-13(4)14/h5-10H,2-4,14H2,1H3/b6-5-,8-7-,10-9-. The van der Waals surface area contributed by atoms with E-state index in [0.29, 0.717) is 5.70 Å². The summed E-state index contributed by atoms with van der Waals surface area (Å²) in [6, 6.07) is 0. The molecular formula is C13H17N. The fourth-order valence-electron chi connectivity index (χ4n) is 0.705. The monoisotopic (exact) mass is 187 g/mol. The third kappa shape index (κ3) is 5.84. The van der Waals surface area contributed by atoms with E-state index in [4.69, 9.17) is 5.73 Å². The fraction of sp³-hybridized carbons (Fsp3) is 0.0769. The Morgan fingerprint density at radius 1 is 0.929 bits per heavy atom. The van der Waals surface area contributed by atoms with Gasteiger partial charge in [-0.1, -0.05) is 50.1 Å². The van der Waals surface area contributed by atoms with Gasteiger partial charge >= 0.3 is 0 Å². The van der Waals surface area contributed by atoms with Crippen molar-refractivity contribution in [1.29, 1.82) is 0 Å². The van der Waals surface area contributed by atoms with Gasteiger partial charge in [-0.25, -0.2) is 0 Å². The van der Waals surface area contributed by atoms with Crippen molar-refractivity contribution >= 4 is 0 Å². The molecule has 0 aromatic carbocycles. The average molecular weight is 187 g/mol. The lowest BCUT2D eigenvalue weighted by molar-refractivity contribution is 1.44. The molecule has 0 unspecified atom stereocenters. The van der Waals surface area contributed by atoms with Crippen molar-refractivity contribution in [3.63, 3.8) is 0 Å². The molecule has 14 heavy (non-hydrogen) atoms. The molecule has 1 heteroatoms. The normalized spacial score (nSPS) is 11.5. The molecular weight excluding hydrogens is 170 g/mol. The molecule has 0 spiro atoms. The highest BCUT2D eigenvalue weighted by molar-refractivity contribution is 5.44. The molecule has 2 N–H and O–H groups in total. The van der Waals surface area contributed by atoms with Gasteiger partial charge in [0.15, 0.2) is 0 Å². The summed E-state index contributed by atoms with van der Waals surface area (Å²) < 4.78 is 0. The summed E-state index contributed by atoms with van der Waals surface area (Å²) in [4.78, 5) is 0. The third-order valence-corrected chi connectivity index (χ3v) is 1.51. The zero-order valence-electron chi connectivity index (χ0n) is 8.66. The van der Waals surface area contributed by atoms with Crippen molar-refractivity contribution in [1.82, 2.24) is 0 Å². The van der Waals surface area contributed by atoms with Gasteiger partial charge in [0.05, 0.1) is 0 Å². The minimum Gasteiger partial charge on any atom is -0.399 e. The van der Waals surface area contributed by atoms with Crippen molar-refractivity contribution in [2.45, 2.75) is 6.92 Å². The summed E-state index contributed by atoms with van der Waals surface area (Å²) in [5.41, 5.74) is 7.58. The number of allylic oxidation sites excluding steroid dienone is 8. The molecule has 74 valence electrons. The van der Waals surface area contributed by atoms with Gasteiger partial charge in [0.1, 0.15) is 0 Å². The molecule has 0 bridgehead atoms. The minimum absolute atomic E-state index is 0.511. The number of hydrogen-bond donors (Lipinski definition) is 1. The lowest BCUT2D eigenvalue weighted by atomic mass is 10.1. The van der Waals surface area contributed by atoms with Gasteiger partial charge in [-0.3, -0.25) is 0 Å². The molecule has 0 aromatic heterocycles. The molecule has 0 rings (SSSR count). The van der Waals surface area contributed by atoms with Crippen molar-refractivity contribution in [2.75, 3.05) is 0 Å². The van der Waals surface area contributed by atoms with E-state index in [1.165, 1.54) is 0 Å². The smallest absolute Gasteiger partial charge is 0.0241 e. The Bertz CT molecular complexity index is 314. The topological polar surface area (TPSA) is 26.0 Å². The predicted octanol–water partition coefficient (Wildman–Crippen LogP) is 3.26. The number of nitrogens with two attached hydrogens (primary N) is 1. The minimum atomic E-state index is 0.511. The van der Waals surface area contributed by atoms with Crippen molar-refractivity contribution in [2.24, 2.45) is 5.73 Å². The maximum Gasteiger partial charge on any atom is 0.0241 e. The van der Waals surface area contributed by atoms with Crippen LogP contribution in [0.3, 0.4) is 0 Å². The van der Waals surface area contributed by atoms with Crippen LogP contribution in [0.15, 0.2) is 73.0 Å². The van der Waals surface area contributed by atoms with Gasteiger partial charge in [0.2, 0.25) is 0 Å². The van der Waals surface area contributed by atoms with Crippen molar-refractivity contribution < 1.29 is 0 Å². The van der Waals surface area contributed by atoms with E-state index >= 15 is 0 Å². The van der Waals surface area contributed by atoms with Gasteiger partial charge in [-0.05, 0) is 24.1 Å². The summed E-state index contributed by atoms with van der Waals surface area (Å²) in [5.74, 6) is 0. The molecule has 0 radical (unpaired) electrons.